The molecule has 6 nitrogen and oxygen atoms in total. The van der Waals surface area contributed by atoms with E-state index in [0.29, 0.717) is 30.4 Å². The summed E-state index contributed by atoms with van der Waals surface area (Å²) >= 11 is 0. The quantitative estimate of drug-likeness (QED) is 0.858. The monoisotopic (exact) mass is 286 g/mol. The molecule has 1 amide bonds. The zero-order chi connectivity index (χ0) is 15.0. The predicted molar refractivity (Wildman–Crippen MR) is 76.8 cm³/mol. The van der Waals surface area contributed by atoms with Crippen molar-refractivity contribution in [2.75, 3.05) is 19.6 Å². The summed E-state index contributed by atoms with van der Waals surface area (Å²) in [4.78, 5) is 30.5. The van der Waals surface area contributed by atoms with E-state index in [1.807, 2.05) is 0 Å². The smallest absolute Gasteiger partial charge is 0.254 e. The van der Waals surface area contributed by atoms with Crippen LogP contribution >= 0.6 is 0 Å². The molecule has 1 saturated carbocycles. The lowest BCUT2D eigenvalue weighted by Gasteiger charge is -2.38. The highest BCUT2D eigenvalue weighted by atomic mass is 16.2. The van der Waals surface area contributed by atoms with Crippen molar-refractivity contribution in [2.24, 2.45) is 0 Å². The van der Waals surface area contributed by atoms with Crippen molar-refractivity contribution in [1.82, 2.24) is 14.8 Å². The summed E-state index contributed by atoms with van der Waals surface area (Å²) in [6.07, 6.45) is 2.30. The fourth-order valence-corrected chi connectivity index (χ4v) is 2.93. The molecule has 0 bridgehead atoms. The number of aromatic amines is 1. The summed E-state index contributed by atoms with van der Waals surface area (Å²) in [6.45, 7) is 3.51. The number of aryl methyl sites for hydroxylation is 1. The lowest BCUT2D eigenvalue weighted by Crippen LogP contribution is -2.55. The second kappa shape index (κ2) is 5.34. The molecule has 2 fully saturated rings. The molecule has 1 N–H and O–H groups in total. The molecule has 0 aromatic carbocycles. The van der Waals surface area contributed by atoms with Gasteiger partial charge in [0, 0.05) is 43.0 Å². The SMILES string of the molecule is Cc1cc(C(=O)N2CCN(C3CC3)C(C#N)C2)cc(=O)[nH]1. The number of aromatic nitrogens is 1. The molecule has 1 aromatic heterocycles. The molecule has 1 aromatic rings. The number of rotatable bonds is 2. The zero-order valence-corrected chi connectivity index (χ0v) is 12.0. The summed E-state index contributed by atoms with van der Waals surface area (Å²) < 4.78 is 0. The van der Waals surface area contributed by atoms with Gasteiger partial charge < -0.3 is 9.88 Å². The second-order valence-corrected chi connectivity index (χ2v) is 5.78. The number of nitriles is 1. The maximum Gasteiger partial charge on any atom is 0.254 e. The number of hydrogen-bond acceptors (Lipinski definition) is 4. The average Bonchev–Trinajstić information content (AvgIpc) is 3.29. The molecular formula is C15H18N4O2. The number of H-pyrrole nitrogens is 1. The molecule has 3 rings (SSSR count). The minimum Gasteiger partial charge on any atom is -0.335 e. The molecule has 0 spiro atoms. The van der Waals surface area contributed by atoms with E-state index >= 15 is 0 Å². The normalized spacial score (nSPS) is 22.9. The number of carbonyl (C=O) groups is 1. The molecule has 21 heavy (non-hydrogen) atoms. The molecule has 1 saturated heterocycles. The van der Waals surface area contributed by atoms with E-state index in [1.54, 1.807) is 17.9 Å². The van der Waals surface area contributed by atoms with Crippen LogP contribution in [-0.2, 0) is 0 Å². The van der Waals surface area contributed by atoms with Crippen molar-refractivity contribution < 1.29 is 4.79 Å². The number of carbonyl (C=O) groups excluding carboxylic acids is 1. The summed E-state index contributed by atoms with van der Waals surface area (Å²) in [6, 6.07) is 5.59. The molecule has 1 aliphatic carbocycles. The minimum absolute atomic E-state index is 0.167. The van der Waals surface area contributed by atoms with Crippen molar-refractivity contribution in [2.45, 2.75) is 31.8 Å². The molecule has 1 atom stereocenters. The van der Waals surface area contributed by atoms with E-state index in [-0.39, 0.29) is 17.5 Å². The Morgan fingerprint density at radius 1 is 1.38 bits per heavy atom. The van der Waals surface area contributed by atoms with Crippen molar-refractivity contribution >= 4 is 5.91 Å². The Hall–Kier alpha value is -2.13. The van der Waals surface area contributed by atoms with Gasteiger partial charge in [-0.1, -0.05) is 0 Å². The predicted octanol–water partition coefficient (Wildman–Crippen LogP) is 0.496. The van der Waals surface area contributed by atoms with E-state index in [4.69, 9.17) is 0 Å². The van der Waals surface area contributed by atoms with Crippen LogP contribution in [0.2, 0.25) is 0 Å². The maximum absolute atomic E-state index is 12.5. The van der Waals surface area contributed by atoms with Gasteiger partial charge in [0.25, 0.3) is 5.91 Å². The van der Waals surface area contributed by atoms with Crippen LogP contribution in [0.25, 0.3) is 0 Å². The maximum atomic E-state index is 12.5. The molecule has 1 aliphatic heterocycles. The Kier molecular flexibility index (Phi) is 3.52. The fraction of sp³-hybridized carbons (Fsp3) is 0.533. The highest BCUT2D eigenvalue weighted by molar-refractivity contribution is 5.94. The van der Waals surface area contributed by atoms with Crippen LogP contribution in [0.4, 0.5) is 0 Å². The first-order valence-corrected chi connectivity index (χ1v) is 7.24. The number of pyridine rings is 1. The third-order valence-electron chi connectivity index (χ3n) is 4.10. The lowest BCUT2D eigenvalue weighted by atomic mass is 10.1. The van der Waals surface area contributed by atoms with Crippen LogP contribution in [0, 0.1) is 18.3 Å². The molecule has 110 valence electrons. The molecule has 2 aliphatic rings. The van der Waals surface area contributed by atoms with Crippen LogP contribution in [-0.4, -0.2) is 52.4 Å². The van der Waals surface area contributed by atoms with Gasteiger partial charge in [-0.2, -0.15) is 5.26 Å². The Morgan fingerprint density at radius 3 is 2.76 bits per heavy atom. The van der Waals surface area contributed by atoms with E-state index in [0.717, 1.165) is 19.4 Å². The van der Waals surface area contributed by atoms with Crippen LogP contribution < -0.4 is 5.56 Å². The fourth-order valence-electron chi connectivity index (χ4n) is 2.93. The third kappa shape index (κ3) is 2.83. The van der Waals surface area contributed by atoms with Gasteiger partial charge in [0.05, 0.1) is 6.07 Å². The third-order valence-corrected chi connectivity index (χ3v) is 4.10. The lowest BCUT2D eigenvalue weighted by molar-refractivity contribution is 0.0550. The summed E-state index contributed by atoms with van der Waals surface area (Å²) in [7, 11) is 0. The highest BCUT2D eigenvalue weighted by Crippen LogP contribution is 2.30. The van der Waals surface area contributed by atoms with E-state index < -0.39 is 0 Å². The summed E-state index contributed by atoms with van der Waals surface area (Å²) in [5.74, 6) is -0.167. The molecular weight excluding hydrogens is 268 g/mol. The van der Waals surface area contributed by atoms with E-state index in [1.165, 1.54) is 6.07 Å². The van der Waals surface area contributed by atoms with Crippen LogP contribution in [0.3, 0.4) is 0 Å². The Morgan fingerprint density at radius 2 is 2.14 bits per heavy atom. The topological polar surface area (TPSA) is 80.2 Å². The average molecular weight is 286 g/mol. The van der Waals surface area contributed by atoms with Gasteiger partial charge in [-0.3, -0.25) is 14.5 Å². The number of amides is 1. The number of hydrogen-bond donors (Lipinski definition) is 1. The van der Waals surface area contributed by atoms with E-state index in [2.05, 4.69) is 16.0 Å². The van der Waals surface area contributed by atoms with Gasteiger partial charge in [-0.25, -0.2) is 0 Å². The number of nitrogens with one attached hydrogen (secondary N) is 1. The van der Waals surface area contributed by atoms with Crippen molar-refractivity contribution in [1.29, 1.82) is 5.26 Å². The van der Waals surface area contributed by atoms with Crippen molar-refractivity contribution in [3.8, 4) is 6.07 Å². The highest BCUT2D eigenvalue weighted by Gasteiger charge is 2.38. The first-order chi connectivity index (χ1) is 10.1. The van der Waals surface area contributed by atoms with Gasteiger partial charge in [0.2, 0.25) is 5.56 Å². The van der Waals surface area contributed by atoms with Gasteiger partial charge in [-0.15, -0.1) is 0 Å². The van der Waals surface area contributed by atoms with Crippen LogP contribution in [0.5, 0.6) is 0 Å². The van der Waals surface area contributed by atoms with Gasteiger partial charge >= 0.3 is 0 Å². The van der Waals surface area contributed by atoms with Crippen molar-refractivity contribution in [3.05, 3.63) is 33.7 Å². The Labute approximate surface area is 123 Å². The van der Waals surface area contributed by atoms with Crippen LogP contribution in [0.15, 0.2) is 16.9 Å². The first kappa shape index (κ1) is 13.8. The first-order valence-electron chi connectivity index (χ1n) is 7.24. The van der Waals surface area contributed by atoms with Gasteiger partial charge in [-0.05, 0) is 25.8 Å². The summed E-state index contributed by atoms with van der Waals surface area (Å²) in [5, 5.41) is 9.31. The number of nitrogens with zero attached hydrogens (tertiary/aromatic N) is 3. The molecule has 6 heteroatoms. The molecule has 1 unspecified atom stereocenters. The standard InChI is InChI=1S/C15H18N4O2/c1-10-6-11(7-14(20)17-10)15(21)18-4-5-19(12-2-3-12)13(8-16)9-18/h6-7,12-13H,2-5,9H2,1H3,(H,17,20). The minimum atomic E-state index is -0.271. The van der Waals surface area contributed by atoms with E-state index in [9.17, 15) is 14.9 Å². The zero-order valence-electron chi connectivity index (χ0n) is 12.0. The Bertz CT molecular complexity index is 656. The second-order valence-electron chi connectivity index (χ2n) is 5.78. The van der Waals surface area contributed by atoms with Gasteiger partial charge in [0.1, 0.15) is 6.04 Å². The van der Waals surface area contributed by atoms with Crippen molar-refractivity contribution in [3.63, 3.8) is 0 Å². The number of piperazine rings is 1. The van der Waals surface area contributed by atoms with Crippen LogP contribution in [0.1, 0.15) is 28.9 Å². The molecule has 0 radical (unpaired) electrons. The largest absolute Gasteiger partial charge is 0.335 e. The Balaban J connectivity index is 1.76. The van der Waals surface area contributed by atoms with Gasteiger partial charge in [0.15, 0.2) is 0 Å². The summed E-state index contributed by atoms with van der Waals surface area (Å²) in [5.41, 5.74) is 0.791. The molecule has 2 heterocycles.